The number of para-hydroxylation sites is 1. The predicted octanol–water partition coefficient (Wildman–Crippen LogP) is 3.45. The molecule has 18 heavy (non-hydrogen) atoms. The Hall–Kier alpha value is -1.62. The monoisotopic (exact) mass is 254 g/mol. The highest BCUT2D eigenvalue weighted by molar-refractivity contribution is 5.82. The third kappa shape index (κ3) is 2.79. The van der Waals surface area contributed by atoms with Gasteiger partial charge in [0.15, 0.2) is 0 Å². The molecule has 1 N–H and O–H groups in total. The fraction of sp³-hybridized carbons (Fsp3) is 0.308. The smallest absolute Gasteiger partial charge is 0.313 e. The largest absolute Gasteiger partial charge is 0.390 e. The molecule has 0 saturated carbocycles. The van der Waals surface area contributed by atoms with Crippen LogP contribution in [0.2, 0.25) is 0 Å². The van der Waals surface area contributed by atoms with E-state index >= 15 is 0 Å². The Kier molecular flexibility index (Phi) is 3.52. The van der Waals surface area contributed by atoms with Gasteiger partial charge in [-0.05, 0) is 18.7 Å². The van der Waals surface area contributed by atoms with Gasteiger partial charge < -0.3 is 5.32 Å². The number of pyridine rings is 1. The van der Waals surface area contributed by atoms with E-state index in [0.29, 0.717) is 11.1 Å². The van der Waals surface area contributed by atoms with Gasteiger partial charge in [-0.25, -0.2) is 0 Å². The van der Waals surface area contributed by atoms with E-state index in [1.807, 2.05) is 12.1 Å². The van der Waals surface area contributed by atoms with Gasteiger partial charge in [0.25, 0.3) is 0 Å². The Balaban J connectivity index is 2.45. The Bertz CT molecular complexity index is 532. The van der Waals surface area contributed by atoms with E-state index in [9.17, 15) is 13.2 Å². The van der Waals surface area contributed by atoms with E-state index in [4.69, 9.17) is 0 Å². The minimum absolute atomic E-state index is 0.577. The summed E-state index contributed by atoms with van der Waals surface area (Å²) in [5.74, 6) is 0. The summed E-state index contributed by atoms with van der Waals surface area (Å²) < 4.78 is 37.6. The molecule has 1 heterocycles. The Morgan fingerprint density at radius 2 is 1.94 bits per heavy atom. The molecule has 96 valence electrons. The quantitative estimate of drug-likeness (QED) is 0.907. The third-order valence-corrected chi connectivity index (χ3v) is 2.82. The van der Waals surface area contributed by atoms with Crippen molar-refractivity contribution in [1.29, 1.82) is 0 Å². The first kappa shape index (κ1) is 12.8. The second-order valence-corrected chi connectivity index (χ2v) is 4.08. The maximum absolute atomic E-state index is 12.5. The van der Waals surface area contributed by atoms with Crippen LogP contribution < -0.4 is 5.32 Å². The highest BCUT2D eigenvalue weighted by atomic mass is 19.4. The molecule has 0 radical (unpaired) electrons. The molecule has 2 aromatic rings. The van der Waals surface area contributed by atoms with Crippen LogP contribution in [0, 0.1) is 0 Å². The lowest BCUT2D eigenvalue weighted by Gasteiger charge is -2.19. The molecular formula is C13H13F3N2. The average Bonchev–Trinajstić information content (AvgIpc) is 2.34. The van der Waals surface area contributed by atoms with Crippen molar-refractivity contribution < 1.29 is 13.2 Å². The van der Waals surface area contributed by atoms with Crippen LogP contribution in [0.25, 0.3) is 10.9 Å². The molecule has 5 heteroatoms. The first-order valence-electron chi connectivity index (χ1n) is 5.59. The van der Waals surface area contributed by atoms with E-state index in [2.05, 4.69) is 10.3 Å². The molecule has 0 amide bonds. The fourth-order valence-corrected chi connectivity index (χ4v) is 2.01. The maximum Gasteiger partial charge on any atom is 0.390 e. The molecule has 0 aliphatic carbocycles. The first-order valence-corrected chi connectivity index (χ1v) is 5.59. The molecule has 1 aromatic carbocycles. The second-order valence-electron chi connectivity index (χ2n) is 4.08. The zero-order valence-corrected chi connectivity index (χ0v) is 9.83. The minimum atomic E-state index is -4.20. The molecule has 0 aliphatic heterocycles. The standard InChI is InChI=1S/C13H13F3N2/c1-17-11(8-13(14,15)16)10-6-2-4-9-5-3-7-18-12(9)10/h2-7,11,17H,8H2,1H3. The first-order chi connectivity index (χ1) is 8.51. The van der Waals surface area contributed by atoms with Gasteiger partial charge in [0.1, 0.15) is 0 Å². The number of hydrogen-bond donors (Lipinski definition) is 1. The van der Waals surface area contributed by atoms with E-state index in [0.717, 1.165) is 5.39 Å². The summed E-state index contributed by atoms with van der Waals surface area (Å²) in [5.41, 5.74) is 1.19. The molecule has 2 nitrogen and oxygen atoms in total. The van der Waals surface area contributed by atoms with Crippen molar-refractivity contribution in [2.75, 3.05) is 7.05 Å². The van der Waals surface area contributed by atoms with Gasteiger partial charge in [-0.1, -0.05) is 24.3 Å². The summed E-state index contributed by atoms with van der Waals surface area (Å²) in [6, 6.07) is 8.11. The maximum atomic E-state index is 12.5. The SMILES string of the molecule is CNC(CC(F)(F)F)c1cccc2cccnc12. The van der Waals surface area contributed by atoms with Gasteiger partial charge in [-0.2, -0.15) is 13.2 Å². The number of aromatic nitrogens is 1. The molecule has 0 spiro atoms. The van der Waals surface area contributed by atoms with Gasteiger partial charge in [0.2, 0.25) is 0 Å². The lowest BCUT2D eigenvalue weighted by molar-refractivity contribution is -0.140. The van der Waals surface area contributed by atoms with Crippen molar-refractivity contribution in [3.8, 4) is 0 Å². The van der Waals surface area contributed by atoms with Crippen molar-refractivity contribution in [2.45, 2.75) is 18.6 Å². The summed E-state index contributed by atoms with van der Waals surface area (Å²) in [4.78, 5) is 4.17. The molecule has 1 atom stereocenters. The molecule has 0 bridgehead atoms. The van der Waals surface area contributed by atoms with Crippen LogP contribution in [0.1, 0.15) is 18.0 Å². The van der Waals surface area contributed by atoms with E-state index in [1.54, 1.807) is 24.4 Å². The number of fused-ring (bicyclic) bond motifs is 1. The minimum Gasteiger partial charge on any atom is -0.313 e. The zero-order chi connectivity index (χ0) is 13.2. The summed E-state index contributed by atoms with van der Waals surface area (Å²) >= 11 is 0. The number of nitrogens with one attached hydrogen (secondary N) is 1. The Morgan fingerprint density at radius 3 is 2.61 bits per heavy atom. The molecular weight excluding hydrogens is 241 g/mol. The van der Waals surface area contributed by atoms with Crippen LogP contribution >= 0.6 is 0 Å². The topological polar surface area (TPSA) is 24.9 Å². The Morgan fingerprint density at radius 1 is 1.22 bits per heavy atom. The Labute approximate surface area is 103 Å². The summed E-state index contributed by atoms with van der Waals surface area (Å²) in [6.07, 6.45) is -3.52. The van der Waals surface area contributed by atoms with Crippen molar-refractivity contribution in [2.24, 2.45) is 0 Å². The van der Waals surface area contributed by atoms with Gasteiger partial charge in [-0.3, -0.25) is 4.98 Å². The highest BCUT2D eigenvalue weighted by Crippen LogP contribution is 2.31. The van der Waals surface area contributed by atoms with Gasteiger partial charge in [0.05, 0.1) is 11.9 Å². The van der Waals surface area contributed by atoms with Gasteiger partial charge >= 0.3 is 6.18 Å². The van der Waals surface area contributed by atoms with Crippen LogP contribution in [0.5, 0.6) is 0 Å². The van der Waals surface area contributed by atoms with Crippen molar-refractivity contribution in [1.82, 2.24) is 10.3 Å². The predicted molar refractivity (Wildman–Crippen MR) is 64.2 cm³/mol. The van der Waals surface area contributed by atoms with Crippen LogP contribution in [0.15, 0.2) is 36.5 Å². The average molecular weight is 254 g/mol. The molecule has 0 aliphatic rings. The molecule has 2 rings (SSSR count). The lowest BCUT2D eigenvalue weighted by Crippen LogP contribution is -2.24. The molecule has 0 saturated heterocycles. The second kappa shape index (κ2) is 4.94. The van der Waals surface area contributed by atoms with Crippen LogP contribution in [-0.2, 0) is 0 Å². The number of benzene rings is 1. The molecule has 1 unspecified atom stereocenters. The number of alkyl halides is 3. The summed E-state index contributed by atoms with van der Waals surface area (Å²) in [5, 5.41) is 3.55. The van der Waals surface area contributed by atoms with E-state index in [-0.39, 0.29) is 0 Å². The van der Waals surface area contributed by atoms with Crippen LogP contribution in [0.3, 0.4) is 0 Å². The molecule has 1 aromatic heterocycles. The van der Waals surface area contributed by atoms with Crippen LogP contribution in [-0.4, -0.2) is 18.2 Å². The van der Waals surface area contributed by atoms with Gasteiger partial charge in [0, 0.05) is 17.6 Å². The lowest BCUT2D eigenvalue weighted by atomic mass is 10.00. The number of hydrogen-bond acceptors (Lipinski definition) is 2. The third-order valence-electron chi connectivity index (χ3n) is 2.82. The normalized spacial score (nSPS) is 13.8. The number of halogens is 3. The van der Waals surface area contributed by atoms with Crippen molar-refractivity contribution in [3.05, 3.63) is 42.1 Å². The van der Waals surface area contributed by atoms with Crippen molar-refractivity contribution >= 4 is 10.9 Å². The van der Waals surface area contributed by atoms with Crippen LogP contribution in [0.4, 0.5) is 13.2 Å². The summed E-state index contributed by atoms with van der Waals surface area (Å²) in [7, 11) is 1.53. The highest BCUT2D eigenvalue weighted by Gasteiger charge is 2.32. The molecule has 0 fully saturated rings. The van der Waals surface area contributed by atoms with Gasteiger partial charge in [-0.15, -0.1) is 0 Å². The fourth-order valence-electron chi connectivity index (χ4n) is 2.01. The number of nitrogens with zero attached hydrogens (tertiary/aromatic N) is 1. The zero-order valence-electron chi connectivity index (χ0n) is 9.83. The van der Waals surface area contributed by atoms with E-state index < -0.39 is 18.6 Å². The number of rotatable bonds is 3. The van der Waals surface area contributed by atoms with E-state index in [1.165, 1.54) is 7.05 Å². The van der Waals surface area contributed by atoms with Crippen molar-refractivity contribution in [3.63, 3.8) is 0 Å². The summed E-state index contributed by atoms with van der Waals surface area (Å²) in [6.45, 7) is 0.